The Morgan fingerprint density at radius 1 is 1.41 bits per heavy atom. The maximum absolute atomic E-state index is 12.0. The minimum Gasteiger partial charge on any atom is -0.394 e. The van der Waals surface area contributed by atoms with Crippen LogP contribution in [0, 0.1) is 0 Å². The zero-order chi connectivity index (χ0) is 19.8. The van der Waals surface area contributed by atoms with Gasteiger partial charge in [0.25, 0.3) is 5.56 Å². The first-order valence-corrected chi connectivity index (χ1v) is 9.22. The van der Waals surface area contributed by atoms with Gasteiger partial charge in [0.05, 0.1) is 18.3 Å². The molecule has 0 saturated carbocycles. The van der Waals surface area contributed by atoms with E-state index in [9.17, 15) is 19.5 Å². The van der Waals surface area contributed by atoms with Gasteiger partial charge in [0.15, 0.2) is 0 Å². The number of hydrogen-bond acceptors (Lipinski definition) is 6. The van der Waals surface area contributed by atoms with E-state index in [0.717, 1.165) is 30.3 Å². The molecular weight excluding hydrogens is 354 g/mol. The summed E-state index contributed by atoms with van der Waals surface area (Å²) in [5.74, 6) is -0.323. The van der Waals surface area contributed by atoms with Crippen molar-refractivity contribution in [3.05, 3.63) is 38.7 Å². The second-order valence-corrected chi connectivity index (χ2v) is 6.55. The molecule has 0 radical (unpaired) electrons. The Balaban J connectivity index is 2.04. The molecule has 1 aliphatic rings. The normalized spacial score (nSPS) is 22.4. The fourth-order valence-corrected chi connectivity index (χ4v) is 2.87. The summed E-state index contributed by atoms with van der Waals surface area (Å²) in [5.41, 5.74) is -1.20. The van der Waals surface area contributed by atoms with Crippen LogP contribution in [0.3, 0.4) is 0 Å². The lowest BCUT2D eigenvalue weighted by Crippen LogP contribution is -2.33. The fraction of sp³-hybridized carbons (Fsp3) is 0.611. The number of H-pyrrole nitrogens is 1. The number of nitrogens with one attached hydrogen (secondary N) is 2. The van der Waals surface area contributed by atoms with E-state index in [4.69, 9.17) is 9.84 Å². The van der Waals surface area contributed by atoms with Crippen LogP contribution >= 0.6 is 0 Å². The molecule has 1 aliphatic heterocycles. The number of unbranched alkanes of at least 4 members (excludes halogenated alkanes) is 3. The highest BCUT2D eigenvalue weighted by molar-refractivity contribution is 5.91. The molecule has 0 aromatic carbocycles. The summed E-state index contributed by atoms with van der Waals surface area (Å²) in [6, 6.07) is 0. The van der Waals surface area contributed by atoms with E-state index in [-0.39, 0.29) is 24.5 Å². The van der Waals surface area contributed by atoms with Crippen molar-refractivity contribution in [2.45, 2.75) is 57.5 Å². The Morgan fingerprint density at radius 2 is 2.19 bits per heavy atom. The highest BCUT2D eigenvalue weighted by atomic mass is 16.5. The molecule has 4 N–H and O–H groups in total. The smallest absolute Gasteiger partial charge is 0.330 e. The maximum Gasteiger partial charge on any atom is 0.330 e. The third-order valence-corrected chi connectivity index (χ3v) is 4.43. The molecule has 150 valence electrons. The van der Waals surface area contributed by atoms with E-state index in [2.05, 4.69) is 17.2 Å². The predicted molar refractivity (Wildman–Crippen MR) is 99.1 cm³/mol. The number of aliphatic hydroxyl groups is 2. The van der Waals surface area contributed by atoms with E-state index in [0.29, 0.717) is 6.54 Å². The summed E-state index contributed by atoms with van der Waals surface area (Å²) in [6.45, 7) is 2.30. The topological polar surface area (TPSA) is 134 Å². The summed E-state index contributed by atoms with van der Waals surface area (Å²) in [4.78, 5) is 38.0. The number of rotatable bonds is 9. The molecule has 1 amide bonds. The average molecular weight is 381 g/mol. The van der Waals surface area contributed by atoms with E-state index in [1.165, 1.54) is 18.3 Å². The fourth-order valence-electron chi connectivity index (χ4n) is 2.87. The first-order chi connectivity index (χ1) is 13.0. The van der Waals surface area contributed by atoms with Gasteiger partial charge in [-0.3, -0.25) is 19.1 Å². The predicted octanol–water partition coefficient (Wildman–Crippen LogP) is -0.113. The van der Waals surface area contributed by atoms with Gasteiger partial charge in [0.2, 0.25) is 5.91 Å². The molecule has 1 aromatic rings. The number of aliphatic hydroxyl groups excluding tert-OH is 2. The van der Waals surface area contributed by atoms with E-state index < -0.39 is 29.7 Å². The monoisotopic (exact) mass is 381 g/mol. The number of nitrogens with zero attached hydrogens (tertiary/aromatic N) is 1. The minimum absolute atomic E-state index is 0.110. The van der Waals surface area contributed by atoms with Gasteiger partial charge in [-0.1, -0.05) is 26.2 Å². The van der Waals surface area contributed by atoms with Crippen LogP contribution in [-0.2, 0) is 9.53 Å². The van der Waals surface area contributed by atoms with Crippen LogP contribution in [0.5, 0.6) is 0 Å². The minimum atomic E-state index is -0.906. The summed E-state index contributed by atoms with van der Waals surface area (Å²) in [7, 11) is 0. The molecule has 27 heavy (non-hydrogen) atoms. The number of carbonyl (C=O) groups is 1. The zero-order valence-corrected chi connectivity index (χ0v) is 15.4. The third kappa shape index (κ3) is 5.88. The molecule has 1 saturated heterocycles. The molecule has 0 aliphatic carbocycles. The maximum atomic E-state index is 12.0. The Bertz CT molecular complexity index is 769. The van der Waals surface area contributed by atoms with Crippen molar-refractivity contribution in [3.8, 4) is 0 Å². The van der Waals surface area contributed by atoms with Gasteiger partial charge in [-0.25, -0.2) is 4.79 Å². The number of aromatic amines is 1. The summed E-state index contributed by atoms with van der Waals surface area (Å²) < 4.78 is 6.57. The molecule has 0 unspecified atom stereocenters. The van der Waals surface area contributed by atoms with Crippen LogP contribution in [-0.4, -0.2) is 51.0 Å². The molecule has 9 nitrogen and oxygen atoms in total. The van der Waals surface area contributed by atoms with Crippen LogP contribution in [0.4, 0.5) is 0 Å². The summed E-state index contributed by atoms with van der Waals surface area (Å²) in [5, 5.41) is 21.7. The van der Waals surface area contributed by atoms with Crippen LogP contribution in [0.1, 0.15) is 50.8 Å². The second kappa shape index (κ2) is 10.2. The van der Waals surface area contributed by atoms with E-state index in [1.807, 2.05) is 0 Å². The second-order valence-electron chi connectivity index (χ2n) is 6.55. The van der Waals surface area contributed by atoms with Crippen molar-refractivity contribution < 1.29 is 19.7 Å². The molecule has 0 bridgehead atoms. The quantitative estimate of drug-likeness (QED) is 0.348. The summed E-state index contributed by atoms with van der Waals surface area (Å²) in [6.07, 6.45) is 5.64. The van der Waals surface area contributed by atoms with Gasteiger partial charge in [-0.2, -0.15) is 0 Å². The lowest BCUT2D eigenvalue weighted by atomic mass is 10.2. The molecule has 1 aromatic heterocycles. The third-order valence-electron chi connectivity index (χ3n) is 4.43. The van der Waals surface area contributed by atoms with E-state index >= 15 is 0 Å². The average Bonchev–Trinajstić information content (AvgIpc) is 3.01. The van der Waals surface area contributed by atoms with Crippen molar-refractivity contribution >= 4 is 12.0 Å². The first kappa shape index (κ1) is 21.1. The van der Waals surface area contributed by atoms with Crippen molar-refractivity contribution in [1.29, 1.82) is 0 Å². The Morgan fingerprint density at radius 3 is 2.85 bits per heavy atom. The van der Waals surface area contributed by atoms with Crippen LogP contribution in [0.2, 0.25) is 0 Å². The number of carbonyl (C=O) groups excluding carboxylic acids is 1. The summed E-state index contributed by atoms with van der Waals surface area (Å²) >= 11 is 0. The van der Waals surface area contributed by atoms with Crippen LogP contribution < -0.4 is 16.6 Å². The first-order valence-electron chi connectivity index (χ1n) is 9.22. The van der Waals surface area contributed by atoms with Crippen LogP contribution in [0.15, 0.2) is 21.9 Å². The highest BCUT2D eigenvalue weighted by Gasteiger charge is 2.35. The largest absolute Gasteiger partial charge is 0.394 e. The molecule has 2 rings (SSSR count). The van der Waals surface area contributed by atoms with Crippen molar-refractivity contribution in [1.82, 2.24) is 14.9 Å². The number of amides is 1. The molecular formula is C18H27N3O6. The molecule has 9 heteroatoms. The van der Waals surface area contributed by atoms with Gasteiger partial charge in [0, 0.05) is 25.2 Å². The molecule has 2 heterocycles. The van der Waals surface area contributed by atoms with E-state index in [1.54, 1.807) is 0 Å². The van der Waals surface area contributed by atoms with Gasteiger partial charge in [-0.05, 0) is 12.5 Å². The standard InChI is InChI=1S/C18H27N3O6/c1-2-3-4-5-8-19-15(24)7-6-12-10-21(18(26)20-17(12)25)16-9-13(23)14(11-22)27-16/h6-7,10,13-14,16,22-23H,2-5,8-9,11H2,1H3,(H,19,24)(H,20,25,26)/b7-6+/t13-,14+,16+/m0/s1. The lowest BCUT2D eigenvalue weighted by Gasteiger charge is -2.14. The van der Waals surface area contributed by atoms with Crippen LogP contribution in [0.25, 0.3) is 6.08 Å². The number of hydrogen-bond donors (Lipinski definition) is 4. The van der Waals surface area contributed by atoms with Gasteiger partial charge < -0.3 is 20.3 Å². The highest BCUT2D eigenvalue weighted by Crippen LogP contribution is 2.27. The van der Waals surface area contributed by atoms with Gasteiger partial charge >= 0.3 is 5.69 Å². The van der Waals surface area contributed by atoms with Gasteiger partial charge in [-0.15, -0.1) is 0 Å². The number of aromatic nitrogens is 2. The van der Waals surface area contributed by atoms with Crippen molar-refractivity contribution in [2.75, 3.05) is 13.2 Å². The Hall–Kier alpha value is -2.23. The van der Waals surface area contributed by atoms with Crippen molar-refractivity contribution in [3.63, 3.8) is 0 Å². The zero-order valence-electron chi connectivity index (χ0n) is 15.4. The Labute approximate surface area is 156 Å². The molecule has 0 spiro atoms. The van der Waals surface area contributed by atoms with Crippen molar-refractivity contribution in [2.24, 2.45) is 0 Å². The molecule has 1 fully saturated rings. The molecule has 3 atom stereocenters. The van der Waals surface area contributed by atoms with Gasteiger partial charge in [0.1, 0.15) is 12.3 Å². The Kier molecular flexibility index (Phi) is 7.96. The lowest BCUT2D eigenvalue weighted by molar-refractivity contribution is -0.116. The number of ether oxygens (including phenoxy) is 1. The SMILES string of the molecule is CCCCCCNC(=O)/C=C/c1cn([C@H]2C[C@H](O)[C@@H](CO)O2)c(=O)[nH]c1=O.